The Labute approximate surface area is 115 Å². The average Bonchev–Trinajstić information content (AvgIpc) is 2.85. The summed E-state index contributed by atoms with van der Waals surface area (Å²) >= 11 is 3.48. The third-order valence-corrected chi connectivity index (χ3v) is 3.76. The molecule has 2 heterocycles. The van der Waals surface area contributed by atoms with Crippen LogP contribution in [-0.2, 0) is 0 Å². The molecule has 1 fully saturated rings. The lowest BCUT2D eigenvalue weighted by molar-refractivity contribution is 0.279. The van der Waals surface area contributed by atoms with Crippen molar-refractivity contribution in [2.45, 2.75) is 31.7 Å². The summed E-state index contributed by atoms with van der Waals surface area (Å²) in [5.41, 5.74) is 2.47. The lowest BCUT2D eigenvalue weighted by atomic mass is 10.1. The van der Waals surface area contributed by atoms with Gasteiger partial charge in [-0.2, -0.15) is 4.98 Å². The average molecular weight is 316 g/mol. The number of hydrogen-bond donors (Lipinski definition) is 3. The van der Waals surface area contributed by atoms with E-state index >= 15 is 0 Å². The number of nitrogens with one attached hydrogen (secondary N) is 1. The van der Waals surface area contributed by atoms with Gasteiger partial charge in [-0.15, -0.1) is 0 Å². The zero-order chi connectivity index (χ0) is 13.0. The second-order valence-electron chi connectivity index (χ2n) is 4.36. The summed E-state index contributed by atoms with van der Waals surface area (Å²) in [7, 11) is 0. The van der Waals surface area contributed by atoms with E-state index in [1.165, 1.54) is 0 Å². The fourth-order valence-electron chi connectivity index (χ4n) is 2.37. The number of hydrogen-bond acceptors (Lipinski definition) is 6. The predicted molar refractivity (Wildman–Crippen MR) is 74.2 cm³/mol. The quantitative estimate of drug-likeness (QED) is 0.560. The Morgan fingerprint density at radius 2 is 2.44 bits per heavy atom. The minimum Gasteiger partial charge on any atom is -0.396 e. The molecule has 6 nitrogen and oxygen atoms in total. The molecule has 18 heavy (non-hydrogen) atoms. The fraction of sp³-hybridized carbons (Fsp3) is 0.636. The number of nitrogens with zero attached hydrogens (tertiary/aromatic N) is 3. The van der Waals surface area contributed by atoms with Crippen molar-refractivity contribution in [1.82, 2.24) is 9.97 Å². The van der Waals surface area contributed by atoms with Crippen molar-refractivity contribution in [1.29, 1.82) is 0 Å². The van der Waals surface area contributed by atoms with E-state index in [0.29, 0.717) is 12.0 Å². The van der Waals surface area contributed by atoms with Gasteiger partial charge in [0.15, 0.2) is 0 Å². The second-order valence-corrected chi connectivity index (χ2v) is 5.22. The smallest absolute Gasteiger partial charge is 0.239 e. The van der Waals surface area contributed by atoms with E-state index in [-0.39, 0.29) is 6.61 Å². The Balaban J connectivity index is 2.18. The Morgan fingerprint density at radius 1 is 1.61 bits per heavy atom. The van der Waals surface area contributed by atoms with Crippen LogP contribution >= 0.6 is 15.9 Å². The third-order valence-electron chi connectivity index (χ3n) is 3.20. The van der Waals surface area contributed by atoms with Gasteiger partial charge in [0.2, 0.25) is 5.95 Å². The first-order valence-electron chi connectivity index (χ1n) is 6.13. The Morgan fingerprint density at radius 3 is 3.17 bits per heavy atom. The number of aliphatic hydroxyl groups is 1. The van der Waals surface area contributed by atoms with E-state index < -0.39 is 0 Å². The third kappa shape index (κ3) is 2.90. The topological polar surface area (TPSA) is 87.3 Å². The van der Waals surface area contributed by atoms with E-state index in [1.54, 1.807) is 6.20 Å². The molecule has 1 aliphatic heterocycles. The van der Waals surface area contributed by atoms with E-state index in [4.69, 9.17) is 10.9 Å². The minimum atomic E-state index is 0.241. The van der Waals surface area contributed by atoms with Crippen LogP contribution in [-0.4, -0.2) is 34.3 Å². The van der Waals surface area contributed by atoms with Gasteiger partial charge in [0.05, 0.1) is 4.47 Å². The number of nitrogen functional groups attached to an aromatic ring is 1. The van der Waals surface area contributed by atoms with Gasteiger partial charge in [-0.25, -0.2) is 10.8 Å². The molecule has 1 atom stereocenters. The molecule has 1 aromatic rings. The number of halogens is 1. The largest absolute Gasteiger partial charge is 0.396 e. The first-order chi connectivity index (χ1) is 8.76. The summed E-state index contributed by atoms with van der Waals surface area (Å²) in [6.45, 7) is 1.22. The second kappa shape index (κ2) is 6.31. The molecule has 4 N–H and O–H groups in total. The number of nitrogens with two attached hydrogens (primary N) is 1. The Kier molecular flexibility index (Phi) is 4.73. The molecule has 0 aliphatic carbocycles. The molecule has 0 bridgehead atoms. The molecule has 1 saturated heterocycles. The lowest BCUT2D eigenvalue weighted by Crippen LogP contribution is -2.31. The van der Waals surface area contributed by atoms with Crippen LogP contribution in [0.5, 0.6) is 0 Å². The van der Waals surface area contributed by atoms with Crippen molar-refractivity contribution in [2.75, 3.05) is 23.5 Å². The predicted octanol–water partition coefficient (Wildman–Crippen LogP) is 1.27. The summed E-state index contributed by atoms with van der Waals surface area (Å²) in [4.78, 5) is 10.7. The number of hydrazine groups is 1. The highest BCUT2D eigenvalue weighted by molar-refractivity contribution is 9.10. The van der Waals surface area contributed by atoms with E-state index in [2.05, 4.69) is 36.2 Å². The lowest BCUT2D eigenvalue weighted by Gasteiger charge is -2.26. The van der Waals surface area contributed by atoms with Crippen molar-refractivity contribution in [2.24, 2.45) is 5.84 Å². The van der Waals surface area contributed by atoms with Crippen LogP contribution in [0.1, 0.15) is 25.7 Å². The highest BCUT2D eigenvalue weighted by atomic mass is 79.9. The van der Waals surface area contributed by atoms with E-state index in [1.807, 2.05) is 0 Å². The first-order valence-corrected chi connectivity index (χ1v) is 6.92. The van der Waals surface area contributed by atoms with Crippen LogP contribution in [0.3, 0.4) is 0 Å². The number of rotatable bonds is 5. The van der Waals surface area contributed by atoms with E-state index in [0.717, 1.165) is 42.5 Å². The first kappa shape index (κ1) is 13.5. The van der Waals surface area contributed by atoms with Crippen molar-refractivity contribution in [3.63, 3.8) is 0 Å². The highest BCUT2D eigenvalue weighted by Crippen LogP contribution is 2.32. The Bertz CT molecular complexity index is 403. The molecule has 0 radical (unpaired) electrons. The van der Waals surface area contributed by atoms with Crippen molar-refractivity contribution < 1.29 is 5.11 Å². The molecule has 100 valence electrons. The molecule has 1 aromatic heterocycles. The zero-order valence-electron chi connectivity index (χ0n) is 10.1. The molecule has 0 aromatic carbocycles. The molecular weight excluding hydrogens is 298 g/mol. The fourth-order valence-corrected chi connectivity index (χ4v) is 2.79. The van der Waals surface area contributed by atoms with Gasteiger partial charge in [-0.3, -0.25) is 5.43 Å². The van der Waals surface area contributed by atoms with Crippen LogP contribution in [0.2, 0.25) is 0 Å². The van der Waals surface area contributed by atoms with Gasteiger partial charge in [-0.05, 0) is 41.6 Å². The minimum absolute atomic E-state index is 0.241. The van der Waals surface area contributed by atoms with Gasteiger partial charge in [0.1, 0.15) is 5.82 Å². The van der Waals surface area contributed by atoms with Crippen LogP contribution in [0.15, 0.2) is 10.7 Å². The van der Waals surface area contributed by atoms with Crippen molar-refractivity contribution in [3.8, 4) is 0 Å². The van der Waals surface area contributed by atoms with E-state index in [9.17, 15) is 0 Å². The molecule has 0 saturated carbocycles. The normalized spacial score (nSPS) is 19.3. The maximum absolute atomic E-state index is 8.94. The molecule has 0 spiro atoms. The van der Waals surface area contributed by atoms with Gasteiger partial charge in [0, 0.05) is 25.4 Å². The summed E-state index contributed by atoms with van der Waals surface area (Å²) in [5.74, 6) is 6.63. The molecule has 0 amide bonds. The van der Waals surface area contributed by atoms with Gasteiger partial charge in [-0.1, -0.05) is 0 Å². The summed E-state index contributed by atoms with van der Waals surface area (Å²) in [6, 6.07) is 0.439. The molecule has 1 aliphatic rings. The number of anilines is 2. The van der Waals surface area contributed by atoms with Gasteiger partial charge in [0.25, 0.3) is 0 Å². The monoisotopic (exact) mass is 315 g/mol. The molecule has 2 rings (SSSR count). The maximum atomic E-state index is 8.94. The van der Waals surface area contributed by atoms with Crippen LogP contribution in [0.25, 0.3) is 0 Å². The number of aromatic nitrogens is 2. The van der Waals surface area contributed by atoms with Crippen LogP contribution in [0, 0.1) is 0 Å². The van der Waals surface area contributed by atoms with Crippen molar-refractivity contribution in [3.05, 3.63) is 10.7 Å². The summed E-state index contributed by atoms with van der Waals surface area (Å²) in [5, 5.41) is 8.94. The standard InChI is InChI=1S/C11H18BrN5O/c12-9-7-14-11(16-13)15-10(9)17-5-1-3-8(17)4-2-6-18/h7-8,18H,1-6,13H2,(H,14,15,16). The van der Waals surface area contributed by atoms with Crippen LogP contribution in [0.4, 0.5) is 11.8 Å². The zero-order valence-corrected chi connectivity index (χ0v) is 11.7. The molecule has 7 heteroatoms. The van der Waals surface area contributed by atoms with Crippen molar-refractivity contribution >= 4 is 27.7 Å². The van der Waals surface area contributed by atoms with Gasteiger partial charge >= 0.3 is 0 Å². The molecule has 1 unspecified atom stereocenters. The molecular formula is C11H18BrN5O. The summed E-state index contributed by atoms with van der Waals surface area (Å²) in [6.07, 6.45) is 5.81. The maximum Gasteiger partial charge on any atom is 0.239 e. The Hall–Kier alpha value is -0.920. The van der Waals surface area contributed by atoms with Crippen LogP contribution < -0.4 is 16.2 Å². The SMILES string of the molecule is NNc1ncc(Br)c(N2CCCC2CCCO)n1. The highest BCUT2D eigenvalue weighted by Gasteiger charge is 2.27. The van der Waals surface area contributed by atoms with Gasteiger partial charge < -0.3 is 10.0 Å². The number of aliphatic hydroxyl groups excluding tert-OH is 1. The summed E-state index contributed by atoms with van der Waals surface area (Å²) < 4.78 is 0.873.